The van der Waals surface area contributed by atoms with Gasteiger partial charge in [0.1, 0.15) is 12.4 Å². The van der Waals surface area contributed by atoms with E-state index in [0.29, 0.717) is 25.6 Å². The second-order valence-corrected chi connectivity index (χ2v) is 5.23. The Morgan fingerprint density at radius 2 is 2.32 bits per heavy atom. The fraction of sp³-hybridized carbons (Fsp3) is 0.294. The first kappa shape index (κ1) is 14.5. The molecule has 1 unspecified atom stereocenters. The summed E-state index contributed by atoms with van der Waals surface area (Å²) >= 11 is 0. The maximum absolute atomic E-state index is 12.1. The second-order valence-electron chi connectivity index (χ2n) is 5.23. The molecule has 1 saturated heterocycles. The molecule has 1 aromatic heterocycles. The van der Waals surface area contributed by atoms with E-state index in [4.69, 9.17) is 9.47 Å². The summed E-state index contributed by atoms with van der Waals surface area (Å²) in [5.41, 5.74) is 1.74. The van der Waals surface area contributed by atoms with Gasteiger partial charge in [0.05, 0.1) is 12.5 Å². The highest BCUT2D eigenvalue weighted by molar-refractivity contribution is 5.92. The predicted molar refractivity (Wildman–Crippen MR) is 82.6 cm³/mol. The van der Waals surface area contributed by atoms with Gasteiger partial charge in [-0.05, 0) is 24.6 Å². The number of hydrogen-bond donors (Lipinski definition) is 1. The maximum Gasteiger partial charge on any atom is 0.229 e. The van der Waals surface area contributed by atoms with Crippen LogP contribution in [0.15, 0.2) is 48.8 Å². The summed E-state index contributed by atoms with van der Waals surface area (Å²) in [5.74, 6) is 0.659. The van der Waals surface area contributed by atoms with Crippen LogP contribution in [0, 0.1) is 5.92 Å². The van der Waals surface area contributed by atoms with Crippen LogP contribution in [0.5, 0.6) is 5.75 Å². The quantitative estimate of drug-likeness (QED) is 0.922. The van der Waals surface area contributed by atoms with Crippen LogP contribution in [0.3, 0.4) is 0 Å². The molecular formula is C17H18N2O3. The van der Waals surface area contributed by atoms with Crippen molar-refractivity contribution in [3.05, 3.63) is 54.4 Å². The van der Waals surface area contributed by atoms with E-state index in [-0.39, 0.29) is 11.8 Å². The molecule has 1 aromatic carbocycles. The number of carbonyl (C=O) groups is 1. The fourth-order valence-corrected chi connectivity index (χ4v) is 2.30. The SMILES string of the molecule is O=C(Nc1cccc(OCc2cccnc2)c1)C1CCOC1. The summed E-state index contributed by atoms with van der Waals surface area (Å²) < 4.78 is 11.0. The number of benzene rings is 1. The molecule has 1 amide bonds. The Morgan fingerprint density at radius 1 is 1.36 bits per heavy atom. The lowest BCUT2D eigenvalue weighted by molar-refractivity contribution is -0.119. The third-order valence-corrected chi connectivity index (χ3v) is 3.53. The molecule has 1 fully saturated rings. The number of nitrogens with one attached hydrogen (secondary N) is 1. The average Bonchev–Trinajstić information content (AvgIpc) is 3.09. The van der Waals surface area contributed by atoms with Gasteiger partial charge in [-0.2, -0.15) is 0 Å². The number of amides is 1. The van der Waals surface area contributed by atoms with Crippen molar-refractivity contribution < 1.29 is 14.3 Å². The van der Waals surface area contributed by atoms with Crippen LogP contribution < -0.4 is 10.1 Å². The van der Waals surface area contributed by atoms with Crippen LogP contribution in [0.2, 0.25) is 0 Å². The van der Waals surface area contributed by atoms with Gasteiger partial charge in [-0.3, -0.25) is 9.78 Å². The molecule has 0 saturated carbocycles. The first-order valence-electron chi connectivity index (χ1n) is 7.31. The van der Waals surface area contributed by atoms with E-state index in [1.54, 1.807) is 12.4 Å². The Kier molecular flexibility index (Phi) is 4.65. The Morgan fingerprint density at radius 3 is 3.09 bits per heavy atom. The van der Waals surface area contributed by atoms with Gasteiger partial charge in [0.2, 0.25) is 5.91 Å². The van der Waals surface area contributed by atoms with Gasteiger partial charge >= 0.3 is 0 Å². The zero-order chi connectivity index (χ0) is 15.2. The van der Waals surface area contributed by atoms with Crippen LogP contribution in [-0.2, 0) is 16.1 Å². The van der Waals surface area contributed by atoms with Crippen molar-refractivity contribution in [3.8, 4) is 5.75 Å². The van der Waals surface area contributed by atoms with Crippen LogP contribution in [-0.4, -0.2) is 24.1 Å². The number of rotatable bonds is 5. The van der Waals surface area contributed by atoms with E-state index in [2.05, 4.69) is 10.3 Å². The summed E-state index contributed by atoms with van der Waals surface area (Å²) in [4.78, 5) is 16.1. The Labute approximate surface area is 129 Å². The highest BCUT2D eigenvalue weighted by Crippen LogP contribution is 2.20. The number of hydrogen-bond acceptors (Lipinski definition) is 4. The van der Waals surface area contributed by atoms with E-state index < -0.39 is 0 Å². The third kappa shape index (κ3) is 3.83. The van der Waals surface area contributed by atoms with Gasteiger partial charge in [0.15, 0.2) is 0 Å². The Hall–Kier alpha value is -2.40. The summed E-state index contributed by atoms with van der Waals surface area (Å²) in [6.07, 6.45) is 4.28. The van der Waals surface area contributed by atoms with Crippen molar-refractivity contribution in [2.75, 3.05) is 18.5 Å². The number of anilines is 1. The smallest absolute Gasteiger partial charge is 0.229 e. The van der Waals surface area contributed by atoms with E-state index in [9.17, 15) is 4.79 Å². The predicted octanol–water partition coefficient (Wildman–Crippen LogP) is 2.64. The van der Waals surface area contributed by atoms with E-state index in [0.717, 1.165) is 17.7 Å². The molecule has 5 heteroatoms. The molecule has 0 aliphatic carbocycles. The zero-order valence-electron chi connectivity index (χ0n) is 12.2. The first-order valence-corrected chi connectivity index (χ1v) is 7.31. The molecule has 1 atom stereocenters. The van der Waals surface area contributed by atoms with Crippen LogP contribution in [0.1, 0.15) is 12.0 Å². The Bertz CT molecular complexity index is 625. The van der Waals surface area contributed by atoms with Gasteiger partial charge in [-0.1, -0.05) is 12.1 Å². The lowest BCUT2D eigenvalue weighted by Gasteiger charge is -2.11. The lowest BCUT2D eigenvalue weighted by Crippen LogP contribution is -2.22. The van der Waals surface area contributed by atoms with Crippen LogP contribution in [0.25, 0.3) is 0 Å². The molecule has 0 bridgehead atoms. The monoisotopic (exact) mass is 298 g/mol. The van der Waals surface area contributed by atoms with Gasteiger partial charge in [0, 0.05) is 36.3 Å². The molecule has 114 valence electrons. The minimum atomic E-state index is -0.0556. The molecule has 2 aromatic rings. The molecule has 1 aliphatic rings. The molecular weight excluding hydrogens is 280 g/mol. The fourth-order valence-electron chi connectivity index (χ4n) is 2.30. The normalized spacial score (nSPS) is 17.2. The minimum absolute atomic E-state index is 0.00177. The zero-order valence-corrected chi connectivity index (χ0v) is 12.2. The van der Waals surface area contributed by atoms with Crippen molar-refractivity contribution in [1.29, 1.82) is 0 Å². The summed E-state index contributed by atoms with van der Waals surface area (Å²) in [7, 11) is 0. The molecule has 0 spiro atoms. The van der Waals surface area contributed by atoms with Crippen molar-refractivity contribution in [2.45, 2.75) is 13.0 Å². The summed E-state index contributed by atoms with van der Waals surface area (Å²) in [6, 6.07) is 11.2. The Balaban J connectivity index is 1.58. The van der Waals surface area contributed by atoms with E-state index >= 15 is 0 Å². The van der Waals surface area contributed by atoms with Crippen molar-refractivity contribution in [1.82, 2.24) is 4.98 Å². The number of aromatic nitrogens is 1. The highest BCUT2D eigenvalue weighted by atomic mass is 16.5. The largest absolute Gasteiger partial charge is 0.489 e. The minimum Gasteiger partial charge on any atom is -0.489 e. The molecule has 5 nitrogen and oxygen atoms in total. The van der Waals surface area contributed by atoms with Gasteiger partial charge in [-0.15, -0.1) is 0 Å². The molecule has 3 rings (SSSR count). The molecule has 2 heterocycles. The standard InChI is InChI=1S/C17H18N2O3/c20-17(14-6-8-21-12-14)19-15-4-1-5-16(9-15)22-11-13-3-2-7-18-10-13/h1-5,7,9-10,14H,6,8,11-12H2,(H,19,20). The van der Waals surface area contributed by atoms with E-state index in [1.165, 1.54) is 0 Å². The topological polar surface area (TPSA) is 60.5 Å². The summed E-state index contributed by atoms with van der Waals surface area (Å²) in [5, 5.41) is 2.91. The summed E-state index contributed by atoms with van der Waals surface area (Å²) in [6.45, 7) is 1.61. The lowest BCUT2D eigenvalue weighted by atomic mass is 10.1. The first-order chi connectivity index (χ1) is 10.8. The highest BCUT2D eigenvalue weighted by Gasteiger charge is 2.23. The third-order valence-electron chi connectivity index (χ3n) is 3.53. The van der Waals surface area contributed by atoms with Crippen molar-refractivity contribution in [3.63, 3.8) is 0 Å². The number of pyridine rings is 1. The average molecular weight is 298 g/mol. The molecule has 0 radical (unpaired) electrons. The second kappa shape index (κ2) is 7.04. The van der Waals surface area contributed by atoms with Crippen molar-refractivity contribution >= 4 is 11.6 Å². The van der Waals surface area contributed by atoms with Crippen LogP contribution >= 0.6 is 0 Å². The number of ether oxygens (including phenoxy) is 2. The molecule has 22 heavy (non-hydrogen) atoms. The van der Waals surface area contributed by atoms with Gasteiger partial charge < -0.3 is 14.8 Å². The maximum atomic E-state index is 12.1. The van der Waals surface area contributed by atoms with Gasteiger partial charge in [0.25, 0.3) is 0 Å². The van der Waals surface area contributed by atoms with Crippen molar-refractivity contribution in [2.24, 2.45) is 5.92 Å². The molecule has 1 N–H and O–H groups in total. The van der Waals surface area contributed by atoms with Gasteiger partial charge in [-0.25, -0.2) is 0 Å². The molecule has 1 aliphatic heterocycles. The number of nitrogens with zero attached hydrogens (tertiary/aromatic N) is 1. The van der Waals surface area contributed by atoms with E-state index in [1.807, 2.05) is 36.4 Å². The van der Waals surface area contributed by atoms with Crippen LogP contribution in [0.4, 0.5) is 5.69 Å². The number of carbonyl (C=O) groups excluding carboxylic acids is 1.